The molecule has 1 saturated heterocycles. The molecule has 6 nitrogen and oxygen atoms in total. The molecule has 0 saturated carbocycles. The van der Waals surface area contributed by atoms with Crippen LogP contribution < -0.4 is 5.32 Å². The van der Waals surface area contributed by atoms with Crippen molar-refractivity contribution in [3.63, 3.8) is 0 Å². The first-order valence-corrected chi connectivity index (χ1v) is 9.59. The van der Waals surface area contributed by atoms with Crippen molar-refractivity contribution in [2.75, 3.05) is 13.1 Å². The Morgan fingerprint density at radius 1 is 1.18 bits per heavy atom. The number of likely N-dealkylation sites (tertiary alicyclic amines) is 1. The summed E-state index contributed by atoms with van der Waals surface area (Å²) in [5.74, 6) is -0.0924. The van der Waals surface area contributed by atoms with E-state index >= 15 is 0 Å². The molecule has 6 heteroatoms. The van der Waals surface area contributed by atoms with Crippen LogP contribution in [0, 0.1) is 13.8 Å². The number of hydrogen-bond donors (Lipinski definition) is 1. The van der Waals surface area contributed by atoms with Gasteiger partial charge < -0.3 is 10.2 Å². The van der Waals surface area contributed by atoms with Gasteiger partial charge in [-0.1, -0.05) is 36.4 Å². The lowest BCUT2D eigenvalue weighted by Crippen LogP contribution is -2.38. The van der Waals surface area contributed by atoms with Crippen molar-refractivity contribution in [2.45, 2.75) is 32.7 Å². The summed E-state index contributed by atoms with van der Waals surface area (Å²) in [6.07, 6.45) is 3.07. The fraction of sp³-hybridized carbons (Fsp3) is 0.318. The van der Waals surface area contributed by atoms with Gasteiger partial charge in [0.05, 0.1) is 11.7 Å². The number of pyridine rings is 1. The van der Waals surface area contributed by atoms with E-state index in [1.807, 2.05) is 59.7 Å². The van der Waals surface area contributed by atoms with E-state index in [0.717, 1.165) is 17.6 Å². The zero-order chi connectivity index (χ0) is 19.7. The predicted molar refractivity (Wildman–Crippen MR) is 107 cm³/mol. The van der Waals surface area contributed by atoms with Gasteiger partial charge in [-0.05, 0) is 37.5 Å². The molecule has 0 aliphatic carbocycles. The van der Waals surface area contributed by atoms with Crippen LogP contribution in [0.5, 0.6) is 0 Å². The fourth-order valence-electron chi connectivity index (χ4n) is 3.79. The molecule has 1 aliphatic rings. The molecule has 2 aromatic heterocycles. The van der Waals surface area contributed by atoms with E-state index in [1.54, 1.807) is 0 Å². The summed E-state index contributed by atoms with van der Waals surface area (Å²) in [6, 6.07) is 13.8. The maximum absolute atomic E-state index is 12.9. The van der Waals surface area contributed by atoms with Gasteiger partial charge in [-0.15, -0.1) is 0 Å². The van der Waals surface area contributed by atoms with Crippen LogP contribution in [0.1, 0.15) is 33.7 Å². The minimum absolute atomic E-state index is 0.0898. The van der Waals surface area contributed by atoms with Gasteiger partial charge in [-0.2, -0.15) is 0 Å². The van der Waals surface area contributed by atoms with Crippen LogP contribution in [0.4, 0.5) is 0 Å². The second kappa shape index (κ2) is 7.46. The van der Waals surface area contributed by atoms with Crippen molar-refractivity contribution in [3.8, 4) is 0 Å². The number of nitrogens with one attached hydrogen (secondary N) is 1. The Bertz CT molecular complexity index is 1030. The smallest absolute Gasteiger partial charge is 0.270 e. The predicted octanol–water partition coefficient (Wildman–Crippen LogP) is 2.52. The van der Waals surface area contributed by atoms with Gasteiger partial charge in [0.2, 0.25) is 5.91 Å². The number of amides is 2. The summed E-state index contributed by atoms with van der Waals surface area (Å²) >= 11 is 0. The molecule has 0 radical (unpaired) electrons. The number of carbonyl (C=O) groups excluding carboxylic acids is 2. The Morgan fingerprint density at radius 3 is 2.75 bits per heavy atom. The SMILES string of the molecule is Cc1ccc2nc(C)c(C(=O)N[C@H]3CC(=O)N(CCc4ccccc4)C3)n2c1. The average molecular weight is 376 g/mol. The molecule has 3 aromatic rings. The molecule has 1 fully saturated rings. The summed E-state index contributed by atoms with van der Waals surface area (Å²) in [6.45, 7) is 5.04. The standard InChI is InChI=1S/C22H24N4O2/c1-15-8-9-19-23-16(2)21(26(19)13-15)22(28)24-18-12-20(27)25(14-18)11-10-17-6-4-3-5-7-17/h3-9,13,18H,10-12,14H2,1-2H3,(H,24,28)/t18-/m0/s1. The number of imidazole rings is 1. The maximum Gasteiger partial charge on any atom is 0.270 e. The van der Waals surface area contributed by atoms with Crippen molar-refractivity contribution >= 4 is 17.5 Å². The zero-order valence-electron chi connectivity index (χ0n) is 16.2. The number of aromatic nitrogens is 2. The van der Waals surface area contributed by atoms with Crippen molar-refractivity contribution in [2.24, 2.45) is 0 Å². The topological polar surface area (TPSA) is 66.7 Å². The zero-order valence-corrected chi connectivity index (χ0v) is 16.2. The van der Waals surface area contributed by atoms with Gasteiger partial charge in [0, 0.05) is 25.7 Å². The quantitative estimate of drug-likeness (QED) is 0.744. The summed E-state index contributed by atoms with van der Waals surface area (Å²) < 4.78 is 1.82. The maximum atomic E-state index is 12.9. The van der Waals surface area contributed by atoms with E-state index in [2.05, 4.69) is 22.4 Å². The Morgan fingerprint density at radius 2 is 1.96 bits per heavy atom. The Hall–Kier alpha value is -3.15. The minimum Gasteiger partial charge on any atom is -0.346 e. The number of hydrogen-bond acceptors (Lipinski definition) is 3. The second-order valence-electron chi connectivity index (χ2n) is 7.43. The van der Waals surface area contributed by atoms with Crippen molar-refractivity contribution in [3.05, 3.63) is 71.2 Å². The lowest BCUT2D eigenvalue weighted by atomic mass is 10.1. The Labute approximate surface area is 164 Å². The van der Waals surface area contributed by atoms with Gasteiger partial charge in [0.15, 0.2) is 0 Å². The van der Waals surface area contributed by atoms with Crippen LogP contribution >= 0.6 is 0 Å². The third kappa shape index (κ3) is 3.63. The number of nitrogens with zero attached hydrogens (tertiary/aromatic N) is 3. The first-order valence-electron chi connectivity index (χ1n) is 9.59. The Kier molecular flexibility index (Phi) is 4.86. The van der Waals surface area contributed by atoms with Crippen LogP contribution in [-0.4, -0.2) is 45.2 Å². The van der Waals surface area contributed by atoms with Gasteiger partial charge >= 0.3 is 0 Å². The lowest BCUT2D eigenvalue weighted by Gasteiger charge is -2.17. The first-order chi connectivity index (χ1) is 13.5. The number of fused-ring (bicyclic) bond motifs is 1. The van der Waals surface area contributed by atoms with Crippen LogP contribution in [0.25, 0.3) is 5.65 Å². The van der Waals surface area contributed by atoms with E-state index in [9.17, 15) is 9.59 Å². The molecule has 3 heterocycles. The molecule has 1 aromatic carbocycles. The van der Waals surface area contributed by atoms with E-state index < -0.39 is 0 Å². The van der Waals surface area contributed by atoms with Gasteiger partial charge in [0.25, 0.3) is 5.91 Å². The van der Waals surface area contributed by atoms with Crippen LogP contribution in [-0.2, 0) is 11.2 Å². The summed E-state index contributed by atoms with van der Waals surface area (Å²) in [4.78, 5) is 31.6. The number of rotatable bonds is 5. The van der Waals surface area contributed by atoms with Crippen LogP contribution in [0.3, 0.4) is 0 Å². The van der Waals surface area contributed by atoms with E-state index in [4.69, 9.17) is 0 Å². The van der Waals surface area contributed by atoms with Crippen molar-refractivity contribution in [1.82, 2.24) is 19.6 Å². The third-order valence-electron chi connectivity index (χ3n) is 5.22. The molecule has 1 N–H and O–H groups in total. The first kappa shape index (κ1) is 18.2. The second-order valence-corrected chi connectivity index (χ2v) is 7.43. The molecule has 0 bridgehead atoms. The van der Waals surface area contributed by atoms with Crippen LogP contribution in [0.15, 0.2) is 48.7 Å². The highest BCUT2D eigenvalue weighted by Gasteiger charge is 2.31. The molecule has 2 amide bonds. The highest BCUT2D eigenvalue weighted by atomic mass is 16.2. The summed E-state index contributed by atoms with van der Waals surface area (Å²) in [5.41, 5.74) is 4.24. The monoisotopic (exact) mass is 376 g/mol. The van der Waals surface area contributed by atoms with Gasteiger partial charge in [0.1, 0.15) is 11.3 Å². The molecule has 0 unspecified atom stereocenters. The van der Waals surface area contributed by atoms with E-state index in [0.29, 0.717) is 30.9 Å². The normalized spacial score (nSPS) is 16.7. The molecule has 144 valence electrons. The van der Waals surface area contributed by atoms with Gasteiger partial charge in [-0.3, -0.25) is 14.0 Å². The fourth-order valence-corrected chi connectivity index (χ4v) is 3.79. The highest BCUT2D eigenvalue weighted by Crippen LogP contribution is 2.16. The lowest BCUT2D eigenvalue weighted by molar-refractivity contribution is -0.127. The largest absolute Gasteiger partial charge is 0.346 e. The number of benzene rings is 1. The molecular formula is C22H24N4O2. The summed E-state index contributed by atoms with van der Waals surface area (Å²) in [7, 11) is 0. The van der Waals surface area contributed by atoms with Gasteiger partial charge in [-0.25, -0.2) is 4.98 Å². The van der Waals surface area contributed by atoms with E-state index in [1.165, 1.54) is 5.56 Å². The molecule has 4 rings (SSSR count). The molecule has 28 heavy (non-hydrogen) atoms. The third-order valence-corrected chi connectivity index (χ3v) is 5.22. The number of aryl methyl sites for hydroxylation is 2. The highest BCUT2D eigenvalue weighted by molar-refractivity contribution is 5.95. The molecule has 1 atom stereocenters. The summed E-state index contributed by atoms with van der Waals surface area (Å²) in [5, 5.41) is 3.03. The minimum atomic E-state index is -0.182. The average Bonchev–Trinajstić information content (AvgIpc) is 3.18. The van der Waals surface area contributed by atoms with Crippen molar-refractivity contribution in [1.29, 1.82) is 0 Å². The molecular weight excluding hydrogens is 352 g/mol. The van der Waals surface area contributed by atoms with Crippen LogP contribution in [0.2, 0.25) is 0 Å². The van der Waals surface area contributed by atoms with Crippen molar-refractivity contribution < 1.29 is 9.59 Å². The number of carbonyl (C=O) groups is 2. The Balaban J connectivity index is 1.42. The molecule has 0 spiro atoms. The molecule has 1 aliphatic heterocycles. The van der Waals surface area contributed by atoms with E-state index in [-0.39, 0.29) is 17.9 Å².